The van der Waals surface area contributed by atoms with E-state index in [0.717, 1.165) is 10.5 Å². The summed E-state index contributed by atoms with van der Waals surface area (Å²) < 4.78 is 0. The zero-order valence-corrected chi connectivity index (χ0v) is 13.3. The van der Waals surface area contributed by atoms with Crippen LogP contribution in [0.2, 0.25) is 0 Å². The number of hydrogen-bond acceptors (Lipinski definition) is 4. The van der Waals surface area contributed by atoms with Gasteiger partial charge in [0.2, 0.25) is 11.8 Å². The molecule has 0 saturated carbocycles. The monoisotopic (exact) mass is 323 g/mol. The highest BCUT2D eigenvalue weighted by Gasteiger charge is 2.43. The van der Waals surface area contributed by atoms with Crippen LogP contribution in [0.15, 0.2) is 54.9 Å². The van der Waals surface area contributed by atoms with Crippen molar-refractivity contribution < 1.29 is 14.4 Å². The van der Waals surface area contributed by atoms with Gasteiger partial charge in [0.15, 0.2) is 0 Å². The Hall–Kier alpha value is -3.02. The first-order chi connectivity index (χ1) is 11.6. The molecule has 122 valence electrons. The van der Waals surface area contributed by atoms with Crippen LogP contribution in [-0.2, 0) is 20.9 Å². The lowest BCUT2D eigenvalue weighted by Gasteiger charge is -2.26. The molecule has 2 aromatic rings. The average Bonchev–Trinajstić information content (AvgIpc) is 2.88. The summed E-state index contributed by atoms with van der Waals surface area (Å²) in [4.78, 5) is 43.7. The van der Waals surface area contributed by atoms with E-state index in [1.165, 1.54) is 11.8 Å². The second-order valence-corrected chi connectivity index (χ2v) is 5.63. The molecule has 1 fully saturated rings. The smallest absolute Gasteiger partial charge is 0.257 e. The predicted molar refractivity (Wildman–Crippen MR) is 87.8 cm³/mol. The number of anilines is 1. The summed E-state index contributed by atoms with van der Waals surface area (Å²) in [6.45, 7) is 1.65. The van der Waals surface area contributed by atoms with E-state index in [0.29, 0.717) is 5.69 Å². The first-order valence-electron chi connectivity index (χ1n) is 7.66. The van der Waals surface area contributed by atoms with Crippen molar-refractivity contribution in [2.75, 3.05) is 4.90 Å². The zero-order chi connectivity index (χ0) is 17.1. The molecule has 1 aliphatic heterocycles. The highest BCUT2D eigenvalue weighted by atomic mass is 16.2. The van der Waals surface area contributed by atoms with Crippen molar-refractivity contribution in [1.82, 2.24) is 9.88 Å². The van der Waals surface area contributed by atoms with Crippen LogP contribution in [0.5, 0.6) is 0 Å². The van der Waals surface area contributed by atoms with Crippen LogP contribution in [0.4, 0.5) is 5.69 Å². The van der Waals surface area contributed by atoms with Gasteiger partial charge in [0.25, 0.3) is 5.91 Å². The average molecular weight is 323 g/mol. The maximum Gasteiger partial charge on any atom is 0.257 e. The number of hydrogen-bond donors (Lipinski definition) is 0. The summed E-state index contributed by atoms with van der Waals surface area (Å²) in [5.74, 6) is -0.918. The fraction of sp³-hybridized carbons (Fsp3) is 0.222. The minimum absolute atomic E-state index is 0.00638. The van der Waals surface area contributed by atoms with Crippen molar-refractivity contribution in [3.63, 3.8) is 0 Å². The van der Waals surface area contributed by atoms with Crippen molar-refractivity contribution in [3.8, 4) is 0 Å². The third-order valence-electron chi connectivity index (χ3n) is 3.99. The van der Waals surface area contributed by atoms with Crippen LogP contribution in [0.1, 0.15) is 18.9 Å². The van der Waals surface area contributed by atoms with Crippen LogP contribution in [0, 0.1) is 0 Å². The molecule has 3 rings (SSSR count). The lowest BCUT2D eigenvalue weighted by atomic mass is 10.1. The third kappa shape index (κ3) is 3.03. The molecule has 1 saturated heterocycles. The third-order valence-corrected chi connectivity index (χ3v) is 3.99. The molecule has 6 nitrogen and oxygen atoms in total. The number of aromatic nitrogens is 1. The maximum absolute atomic E-state index is 12.7. The number of nitrogens with zero attached hydrogens (tertiary/aromatic N) is 3. The Bertz CT molecular complexity index is 762. The van der Waals surface area contributed by atoms with E-state index >= 15 is 0 Å². The van der Waals surface area contributed by atoms with Gasteiger partial charge in [-0.25, -0.2) is 4.90 Å². The molecule has 2 heterocycles. The number of amides is 3. The summed E-state index contributed by atoms with van der Waals surface area (Å²) in [6, 6.07) is 11.6. The van der Waals surface area contributed by atoms with Crippen LogP contribution in [-0.4, -0.2) is 33.6 Å². The van der Waals surface area contributed by atoms with Gasteiger partial charge in [0, 0.05) is 25.9 Å². The number of carbonyl (C=O) groups excluding carboxylic acids is 3. The number of pyridine rings is 1. The summed E-state index contributed by atoms with van der Waals surface area (Å²) in [7, 11) is 0. The van der Waals surface area contributed by atoms with Gasteiger partial charge in [0.1, 0.15) is 6.04 Å². The molecule has 24 heavy (non-hydrogen) atoms. The molecule has 0 radical (unpaired) electrons. The number of imide groups is 1. The van der Waals surface area contributed by atoms with Crippen LogP contribution in [0.3, 0.4) is 0 Å². The molecule has 0 spiro atoms. The summed E-state index contributed by atoms with van der Waals surface area (Å²) in [5.41, 5.74) is 1.34. The van der Waals surface area contributed by atoms with Crippen LogP contribution in [0.25, 0.3) is 0 Å². The Morgan fingerprint density at radius 2 is 1.96 bits per heavy atom. The second kappa shape index (κ2) is 6.62. The molecule has 0 bridgehead atoms. The van der Waals surface area contributed by atoms with Gasteiger partial charge < -0.3 is 4.90 Å². The largest absolute Gasteiger partial charge is 0.326 e. The summed E-state index contributed by atoms with van der Waals surface area (Å²) >= 11 is 0. The molecular weight excluding hydrogens is 306 g/mol. The second-order valence-electron chi connectivity index (χ2n) is 5.63. The number of carbonyl (C=O) groups is 3. The maximum atomic E-state index is 12.7. The fourth-order valence-electron chi connectivity index (χ4n) is 2.84. The van der Waals surface area contributed by atoms with E-state index in [1.54, 1.807) is 42.7 Å². The first kappa shape index (κ1) is 15.9. The van der Waals surface area contributed by atoms with Crippen molar-refractivity contribution >= 4 is 23.4 Å². The molecule has 0 aliphatic carbocycles. The van der Waals surface area contributed by atoms with E-state index in [2.05, 4.69) is 4.98 Å². The van der Waals surface area contributed by atoms with E-state index in [-0.39, 0.29) is 30.7 Å². The van der Waals surface area contributed by atoms with Crippen molar-refractivity contribution in [2.45, 2.75) is 25.9 Å². The lowest BCUT2D eigenvalue weighted by Crippen LogP contribution is -2.44. The Morgan fingerprint density at radius 3 is 2.58 bits per heavy atom. The summed E-state index contributed by atoms with van der Waals surface area (Å²) in [5, 5.41) is 0. The van der Waals surface area contributed by atoms with Gasteiger partial charge in [-0.3, -0.25) is 19.4 Å². The van der Waals surface area contributed by atoms with Crippen molar-refractivity contribution in [1.29, 1.82) is 0 Å². The van der Waals surface area contributed by atoms with E-state index in [4.69, 9.17) is 0 Å². The number of para-hydroxylation sites is 1. The van der Waals surface area contributed by atoms with Gasteiger partial charge in [-0.1, -0.05) is 24.3 Å². The van der Waals surface area contributed by atoms with E-state index in [1.807, 2.05) is 12.1 Å². The molecule has 6 heteroatoms. The highest BCUT2D eigenvalue weighted by molar-refractivity contribution is 6.22. The van der Waals surface area contributed by atoms with Gasteiger partial charge in [0.05, 0.1) is 12.1 Å². The quantitative estimate of drug-likeness (QED) is 0.804. The van der Waals surface area contributed by atoms with Crippen molar-refractivity contribution in [2.24, 2.45) is 0 Å². The zero-order valence-electron chi connectivity index (χ0n) is 13.3. The van der Waals surface area contributed by atoms with E-state index < -0.39 is 6.04 Å². The van der Waals surface area contributed by atoms with Crippen molar-refractivity contribution in [3.05, 3.63) is 60.4 Å². The van der Waals surface area contributed by atoms with Gasteiger partial charge in [-0.2, -0.15) is 0 Å². The predicted octanol–water partition coefficient (Wildman–Crippen LogP) is 1.76. The molecule has 1 unspecified atom stereocenters. The Morgan fingerprint density at radius 1 is 1.21 bits per heavy atom. The topological polar surface area (TPSA) is 70.6 Å². The molecule has 1 aromatic carbocycles. The van der Waals surface area contributed by atoms with Gasteiger partial charge >= 0.3 is 0 Å². The molecule has 1 aliphatic rings. The van der Waals surface area contributed by atoms with Gasteiger partial charge in [-0.05, 0) is 23.8 Å². The first-order valence-corrected chi connectivity index (χ1v) is 7.66. The Balaban J connectivity index is 1.86. The molecule has 3 amide bonds. The molecular formula is C18H17N3O3. The number of benzene rings is 1. The molecule has 1 aromatic heterocycles. The minimum atomic E-state index is -0.782. The fourth-order valence-corrected chi connectivity index (χ4v) is 2.84. The Kier molecular flexibility index (Phi) is 4.37. The Labute approximate surface area is 139 Å². The molecule has 0 N–H and O–H groups in total. The highest BCUT2D eigenvalue weighted by Crippen LogP contribution is 2.26. The SMILES string of the molecule is CC(=O)N(Cc1cccnc1)C1CC(=O)N(c2ccccc2)C1=O. The minimum Gasteiger partial charge on any atom is -0.326 e. The van der Waals surface area contributed by atoms with E-state index in [9.17, 15) is 14.4 Å². The van der Waals surface area contributed by atoms with Gasteiger partial charge in [-0.15, -0.1) is 0 Å². The standard InChI is InChI=1S/C18H17N3O3/c1-13(22)20(12-14-6-5-9-19-11-14)16-10-17(23)21(18(16)24)15-7-3-2-4-8-15/h2-9,11,16H,10,12H2,1H3. The number of rotatable bonds is 4. The molecule has 1 atom stereocenters. The van der Waals surface area contributed by atoms with Crippen LogP contribution < -0.4 is 4.90 Å². The lowest BCUT2D eigenvalue weighted by molar-refractivity contribution is -0.137. The summed E-state index contributed by atoms with van der Waals surface area (Å²) in [6.07, 6.45) is 3.28. The normalized spacial score (nSPS) is 17.2. The van der Waals surface area contributed by atoms with Crippen LogP contribution >= 0.6 is 0 Å².